The number of hydrogen-bond acceptors (Lipinski definition) is 3. The number of carbonyl (C=O) groups excluding carboxylic acids is 2. The van der Waals surface area contributed by atoms with E-state index < -0.39 is 0 Å². The molecule has 3 aromatic rings. The molecule has 0 aliphatic carbocycles. The number of anilines is 1. The SMILES string of the molecule is COc1ccc(N2CC(NC(=O)c3ccc(-c4ccccc4)cc3)CC2=O)cc1. The van der Waals surface area contributed by atoms with Crippen molar-refractivity contribution in [1.29, 1.82) is 0 Å². The van der Waals surface area contributed by atoms with Crippen molar-refractivity contribution in [3.63, 3.8) is 0 Å². The molecule has 5 nitrogen and oxygen atoms in total. The van der Waals surface area contributed by atoms with Crippen molar-refractivity contribution in [1.82, 2.24) is 5.32 Å². The number of benzene rings is 3. The Balaban J connectivity index is 1.40. The van der Waals surface area contributed by atoms with Crippen molar-refractivity contribution in [3.8, 4) is 16.9 Å². The summed E-state index contributed by atoms with van der Waals surface area (Å²) in [7, 11) is 1.61. The predicted molar refractivity (Wildman–Crippen MR) is 113 cm³/mol. The molecule has 4 rings (SSSR count). The number of carbonyl (C=O) groups is 2. The van der Waals surface area contributed by atoms with Crippen LogP contribution in [0.2, 0.25) is 0 Å². The summed E-state index contributed by atoms with van der Waals surface area (Å²) in [5, 5.41) is 2.98. The minimum Gasteiger partial charge on any atom is -0.497 e. The molecule has 29 heavy (non-hydrogen) atoms. The van der Waals surface area contributed by atoms with Crippen LogP contribution in [0.4, 0.5) is 5.69 Å². The van der Waals surface area contributed by atoms with Gasteiger partial charge in [0.2, 0.25) is 5.91 Å². The minimum absolute atomic E-state index is 0.0000997. The van der Waals surface area contributed by atoms with Gasteiger partial charge in [-0.1, -0.05) is 42.5 Å². The van der Waals surface area contributed by atoms with E-state index in [9.17, 15) is 9.59 Å². The fourth-order valence-corrected chi connectivity index (χ4v) is 3.53. The van der Waals surface area contributed by atoms with Crippen LogP contribution in [-0.2, 0) is 4.79 Å². The Labute approximate surface area is 169 Å². The van der Waals surface area contributed by atoms with E-state index in [2.05, 4.69) is 5.32 Å². The second-order valence-corrected chi connectivity index (χ2v) is 7.02. The molecule has 1 aliphatic rings. The quantitative estimate of drug-likeness (QED) is 0.724. The van der Waals surface area contributed by atoms with Crippen molar-refractivity contribution in [2.24, 2.45) is 0 Å². The Morgan fingerprint density at radius 1 is 0.931 bits per heavy atom. The zero-order chi connectivity index (χ0) is 20.2. The van der Waals surface area contributed by atoms with Crippen LogP contribution in [0.3, 0.4) is 0 Å². The normalized spacial score (nSPS) is 16.0. The summed E-state index contributed by atoms with van der Waals surface area (Å²) in [6, 6.07) is 24.7. The third-order valence-electron chi connectivity index (χ3n) is 5.10. The van der Waals surface area contributed by atoms with Crippen LogP contribution in [0.15, 0.2) is 78.9 Å². The number of amides is 2. The predicted octanol–water partition coefficient (Wildman–Crippen LogP) is 3.90. The number of methoxy groups -OCH3 is 1. The summed E-state index contributed by atoms with van der Waals surface area (Å²) >= 11 is 0. The fraction of sp³-hybridized carbons (Fsp3) is 0.167. The Kier molecular flexibility index (Phi) is 5.29. The van der Waals surface area contributed by atoms with Gasteiger partial charge in [0.25, 0.3) is 5.91 Å². The van der Waals surface area contributed by atoms with E-state index in [1.54, 1.807) is 12.0 Å². The third-order valence-corrected chi connectivity index (χ3v) is 5.10. The molecule has 5 heteroatoms. The van der Waals surface area contributed by atoms with Crippen LogP contribution in [0.1, 0.15) is 16.8 Å². The molecular formula is C24H22N2O3. The number of ether oxygens (including phenoxy) is 1. The van der Waals surface area contributed by atoms with E-state index in [0.29, 0.717) is 18.5 Å². The highest BCUT2D eigenvalue weighted by atomic mass is 16.5. The number of nitrogens with one attached hydrogen (secondary N) is 1. The lowest BCUT2D eigenvalue weighted by molar-refractivity contribution is -0.117. The number of hydrogen-bond donors (Lipinski definition) is 1. The molecule has 0 bridgehead atoms. The van der Waals surface area contributed by atoms with Crippen LogP contribution in [0.5, 0.6) is 5.75 Å². The van der Waals surface area contributed by atoms with Gasteiger partial charge in [-0.3, -0.25) is 9.59 Å². The first kappa shape index (κ1) is 18.7. The Bertz CT molecular complexity index is 999. The van der Waals surface area contributed by atoms with Crippen molar-refractivity contribution in [2.75, 3.05) is 18.6 Å². The van der Waals surface area contributed by atoms with Crippen molar-refractivity contribution in [2.45, 2.75) is 12.5 Å². The zero-order valence-corrected chi connectivity index (χ0v) is 16.2. The molecule has 1 N–H and O–H groups in total. The second kappa shape index (κ2) is 8.19. The highest BCUT2D eigenvalue weighted by Gasteiger charge is 2.31. The Hall–Kier alpha value is -3.60. The van der Waals surface area contributed by atoms with Gasteiger partial charge in [-0.2, -0.15) is 0 Å². The van der Waals surface area contributed by atoms with Gasteiger partial charge in [0.1, 0.15) is 5.75 Å². The van der Waals surface area contributed by atoms with Gasteiger partial charge in [0, 0.05) is 24.2 Å². The van der Waals surface area contributed by atoms with Gasteiger partial charge >= 0.3 is 0 Å². The first-order chi connectivity index (χ1) is 14.1. The molecule has 1 heterocycles. The molecule has 0 spiro atoms. The fourth-order valence-electron chi connectivity index (χ4n) is 3.53. The summed E-state index contributed by atoms with van der Waals surface area (Å²) in [6.07, 6.45) is 0.292. The van der Waals surface area contributed by atoms with E-state index in [0.717, 1.165) is 22.6 Å². The lowest BCUT2D eigenvalue weighted by atomic mass is 10.0. The Morgan fingerprint density at radius 2 is 1.59 bits per heavy atom. The molecule has 0 aromatic heterocycles. The molecule has 1 fully saturated rings. The largest absolute Gasteiger partial charge is 0.497 e. The smallest absolute Gasteiger partial charge is 0.251 e. The lowest BCUT2D eigenvalue weighted by Gasteiger charge is -2.17. The van der Waals surface area contributed by atoms with E-state index in [-0.39, 0.29) is 17.9 Å². The van der Waals surface area contributed by atoms with Gasteiger partial charge in [0.15, 0.2) is 0 Å². The summed E-state index contributed by atoms with van der Waals surface area (Å²) in [6.45, 7) is 0.457. The third kappa shape index (κ3) is 4.14. The maximum absolute atomic E-state index is 12.6. The monoisotopic (exact) mass is 386 g/mol. The molecule has 1 atom stereocenters. The first-order valence-electron chi connectivity index (χ1n) is 9.55. The lowest BCUT2D eigenvalue weighted by Crippen LogP contribution is -2.37. The maximum atomic E-state index is 12.6. The average Bonchev–Trinajstić information content (AvgIpc) is 3.14. The molecule has 146 valence electrons. The van der Waals surface area contributed by atoms with Gasteiger partial charge in [0.05, 0.1) is 13.2 Å². The summed E-state index contributed by atoms with van der Waals surface area (Å²) in [5.74, 6) is 0.572. The van der Waals surface area contributed by atoms with Gasteiger partial charge < -0.3 is 15.0 Å². The van der Waals surface area contributed by atoms with E-state index in [1.165, 1.54) is 0 Å². The Morgan fingerprint density at radius 3 is 2.24 bits per heavy atom. The summed E-state index contributed by atoms with van der Waals surface area (Å²) in [5.41, 5.74) is 3.56. The first-order valence-corrected chi connectivity index (χ1v) is 9.55. The molecule has 2 amide bonds. The van der Waals surface area contributed by atoms with Gasteiger partial charge in [-0.05, 0) is 47.5 Å². The summed E-state index contributed by atoms with van der Waals surface area (Å²) in [4.78, 5) is 26.7. The van der Waals surface area contributed by atoms with E-state index in [4.69, 9.17) is 4.74 Å². The average molecular weight is 386 g/mol. The molecule has 0 saturated carbocycles. The maximum Gasteiger partial charge on any atom is 0.251 e. The van der Waals surface area contributed by atoms with Crippen molar-refractivity contribution in [3.05, 3.63) is 84.4 Å². The molecule has 1 aliphatic heterocycles. The zero-order valence-electron chi connectivity index (χ0n) is 16.2. The van der Waals surface area contributed by atoms with Crippen LogP contribution in [0, 0.1) is 0 Å². The van der Waals surface area contributed by atoms with Crippen LogP contribution < -0.4 is 15.0 Å². The summed E-state index contributed by atoms with van der Waals surface area (Å²) < 4.78 is 5.16. The van der Waals surface area contributed by atoms with Crippen molar-refractivity contribution < 1.29 is 14.3 Å². The van der Waals surface area contributed by atoms with Gasteiger partial charge in [-0.25, -0.2) is 0 Å². The topological polar surface area (TPSA) is 58.6 Å². The van der Waals surface area contributed by atoms with Crippen molar-refractivity contribution >= 4 is 17.5 Å². The second-order valence-electron chi connectivity index (χ2n) is 7.02. The molecule has 0 radical (unpaired) electrons. The van der Waals surface area contributed by atoms with E-state index in [1.807, 2.05) is 78.9 Å². The molecular weight excluding hydrogens is 364 g/mol. The number of nitrogens with zero attached hydrogens (tertiary/aromatic N) is 1. The molecule has 1 saturated heterocycles. The van der Waals surface area contributed by atoms with Crippen LogP contribution in [0.25, 0.3) is 11.1 Å². The highest BCUT2D eigenvalue weighted by molar-refractivity contribution is 5.99. The van der Waals surface area contributed by atoms with Gasteiger partial charge in [-0.15, -0.1) is 0 Å². The number of rotatable bonds is 5. The van der Waals surface area contributed by atoms with Crippen LogP contribution in [-0.4, -0.2) is 31.5 Å². The molecule has 1 unspecified atom stereocenters. The molecule has 3 aromatic carbocycles. The minimum atomic E-state index is -0.217. The standard InChI is InChI=1S/C24H22N2O3/c1-29-22-13-11-21(12-14-22)26-16-20(15-23(26)27)25-24(28)19-9-7-18(8-10-19)17-5-3-2-4-6-17/h2-14,20H,15-16H2,1H3,(H,25,28). The van der Waals surface area contributed by atoms with Crippen LogP contribution >= 0.6 is 0 Å². The van der Waals surface area contributed by atoms with E-state index >= 15 is 0 Å². The highest BCUT2D eigenvalue weighted by Crippen LogP contribution is 2.24.